The molecule has 6 heteroatoms. The lowest BCUT2D eigenvalue weighted by molar-refractivity contribution is 0.311. The molecule has 0 radical (unpaired) electrons. The predicted molar refractivity (Wildman–Crippen MR) is 57.5 cm³/mol. The number of hydrogen-bond acceptors (Lipinski definition) is 6. The summed E-state index contributed by atoms with van der Waals surface area (Å²) in [4.78, 5) is 5.12. The quantitative estimate of drug-likeness (QED) is 0.722. The number of anilines is 2. The minimum absolute atomic E-state index is 0.140. The topological polar surface area (TPSA) is 71.2 Å². The standard InChI is InChI=1S/C7H9N3OS2/c8-7-10-6-4(12-7)3-5(13-6)9-1-2-11/h3,9,11H,1-2H2,(H2,8,10). The molecule has 0 aliphatic rings. The Morgan fingerprint density at radius 1 is 1.54 bits per heavy atom. The van der Waals surface area contributed by atoms with Crippen LogP contribution in [0.2, 0.25) is 0 Å². The number of nitrogens with two attached hydrogens (primary N) is 1. The summed E-state index contributed by atoms with van der Waals surface area (Å²) in [5, 5.41) is 13.3. The van der Waals surface area contributed by atoms with Crippen molar-refractivity contribution < 1.29 is 5.11 Å². The molecule has 0 aromatic carbocycles. The Kier molecular flexibility index (Phi) is 2.34. The molecule has 0 saturated heterocycles. The maximum Gasteiger partial charge on any atom is 0.181 e. The largest absolute Gasteiger partial charge is 0.395 e. The fourth-order valence-corrected chi connectivity index (χ4v) is 2.93. The molecule has 13 heavy (non-hydrogen) atoms. The maximum atomic E-state index is 8.61. The Morgan fingerprint density at radius 3 is 3.08 bits per heavy atom. The summed E-state index contributed by atoms with van der Waals surface area (Å²) in [6.07, 6.45) is 0. The van der Waals surface area contributed by atoms with Gasteiger partial charge in [0.2, 0.25) is 0 Å². The average Bonchev–Trinajstić information content (AvgIpc) is 2.57. The number of aromatic nitrogens is 1. The van der Waals surface area contributed by atoms with Gasteiger partial charge >= 0.3 is 0 Å². The molecule has 0 fully saturated rings. The second kappa shape index (κ2) is 3.49. The van der Waals surface area contributed by atoms with E-state index in [1.807, 2.05) is 6.07 Å². The Morgan fingerprint density at radius 2 is 2.38 bits per heavy atom. The van der Waals surface area contributed by atoms with Crippen LogP contribution < -0.4 is 11.1 Å². The van der Waals surface area contributed by atoms with Crippen molar-refractivity contribution in [2.75, 3.05) is 24.2 Å². The molecule has 0 spiro atoms. The Labute approximate surface area is 83.0 Å². The molecule has 2 rings (SSSR count). The first-order chi connectivity index (χ1) is 6.29. The van der Waals surface area contributed by atoms with Crippen LogP contribution in [0.4, 0.5) is 10.1 Å². The molecule has 0 amide bonds. The highest BCUT2D eigenvalue weighted by Crippen LogP contribution is 2.34. The number of aliphatic hydroxyl groups is 1. The number of aliphatic hydroxyl groups excluding tert-OH is 1. The molecule has 70 valence electrons. The predicted octanol–water partition coefficient (Wildman–Crippen LogP) is 1.34. The zero-order valence-corrected chi connectivity index (χ0v) is 8.41. The van der Waals surface area contributed by atoms with E-state index in [1.54, 1.807) is 11.3 Å². The van der Waals surface area contributed by atoms with Gasteiger partial charge in [0, 0.05) is 6.54 Å². The van der Waals surface area contributed by atoms with Crippen molar-refractivity contribution in [1.82, 2.24) is 4.98 Å². The first-order valence-corrected chi connectivity index (χ1v) is 5.43. The minimum Gasteiger partial charge on any atom is -0.395 e. The molecular weight excluding hydrogens is 206 g/mol. The summed E-state index contributed by atoms with van der Waals surface area (Å²) >= 11 is 3.04. The summed E-state index contributed by atoms with van der Waals surface area (Å²) in [6.45, 7) is 0.713. The third-order valence-corrected chi connectivity index (χ3v) is 3.46. The van der Waals surface area contributed by atoms with Crippen molar-refractivity contribution >= 4 is 42.3 Å². The normalized spacial score (nSPS) is 10.8. The van der Waals surface area contributed by atoms with Crippen LogP contribution in [0, 0.1) is 0 Å². The van der Waals surface area contributed by atoms with E-state index in [0.717, 1.165) is 14.5 Å². The third-order valence-electron chi connectivity index (χ3n) is 1.52. The number of fused-ring (bicyclic) bond motifs is 1. The Hall–Kier alpha value is -0.850. The summed E-state index contributed by atoms with van der Waals surface area (Å²) in [5.41, 5.74) is 5.54. The third kappa shape index (κ3) is 1.74. The van der Waals surface area contributed by atoms with Crippen molar-refractivity contribution in [2.24, 2.45) is 0 Å². The van der Waals surface area contributed by atoms with Crippen LogP contribution >= 0.6 is 22.7 Å². The fourth-order valence-electron chi connectivity index (χ4n) is 1.02. The van der Waals surface area contributed by atoms with E-state index in [2.05, 4.69) is 10.3 Å². The zero-order valence-electron chi connectivity index (χ0n) is 6.78. The van der Waals surface area contributed by atoms with Crippen LogP contribution in [0.3, 0.4) is 0 Å². The second-order valence-corrected chi connectivity index (χ2v) is 4.58. The van der Waals surface area contributed by atoms with E-state index in [1.165, 1.54) is 11.3 Å². The number of nitrogens with zero attached hydrogens (tertiary/aromatic N) is 1. The molecule has 0 bridgehead atoms. The molecule has 0 aliphatic carbocycles. The molecule has 2 aromatic heterocycles. The van der Waals surface area contributed by atoms with E-state index in [0.29, 0.717) is 11.7 Å². The smallest absolute Gasteiger partial charge is 0.181 e. The van der Waals surface area contributed by atoms with E-state index < -0.39 is 0 Å². The molecule has 0 aliphatic heterocycles. The van der Waals surface area contributed by atoms with Crippen molar-refractivity contribution in [3.8, 4) is 0 Å². The van der Waals surface area contributed by atoms with Crippen LogP contribution in [0.25, 0.3) is 9.53 Å². The first kappa shape index (κ1) is 8.74. The van der Waals surface area contributed by atoms with Gasteiger partial charge in [0.25, 0.3) is 0 Å². The van der Waals surface area contributed by atoms with Gasteiger partial charge in [0.15, 0.2) is 5.13 Å². The van der Waals surface area contributed by atoms with Gasteiger partial charge in [-0.1, -0.05) is 22.7 Å². The van der Waals surface area contributed by atoms with Gasteiger partial charge in [-0.05, 0) is 6.07 Å². The molecule has 2 heterocycles. The fraction of sp³-hybridized carbons (Fsp3) is 0.286. The van der Waals surface area contributed by atoms with Crippen LogP contribution in [0.5, 0.6) is 0 Å². The Bertz CT molecular complexity index is 377. The highest BCUT2D eigenvalue weighted by Gasteiger charge is 2.05. The van der Waals surface area contributed by atoms with Gasteiger partial charge in [-0.3, -0.25) is 0 Å². The van der Waals surface area contributed by atoms with Crippen LogP contribution in [-0.2, 0) is 0 Å². The highest BCUT2D eigenvalue weighted by atomic mass is 32.1. The van der Waals surface area contributed by atoms with Gasteiger partial charge < -0.3 is 16.2 Å². The lowest BCUT2D eigenvalue weighted by Gasteiger charge is -1.97. The van der Waals surface area contributed by atoms with Crippen molar-refractivity contribution in [3.05, 3.63) is 6.07 Å². The summed E-state index contributed by atoms with van der Waals surface area (Å²) in [6, 6.07) is 2.00. The van der Waals surface area contributed by atoms with E-state index in [4.69, 9.17) is 10.8 Å². The second-order valence-electron chi connectivity index (χ2n) is 2.48. The lowest BCUT2D eigenvalue weighted by Crippen LogP contribution is -2.03. The monoisotopic (exact) mass is 215 g/mol. The minimum atomic E-state index is 0.140. The van der Waals surface area contributed by atoms with Gasteiger partial charge in [-0.25, -0.2) is 4.98 Å². The van der Waals surface area contributed by atoms with Gasteiger partial charge in [-0.2, -0.15) is 0 Å². The van der Waals surface area contributed by atoms with Crippen molar-refractivity contribution in [3.63, 3.8) is 0 Å². The van der Waals surface area contributed by atoms with E-state index >= 15 is 0 Å². The van der Waals surface area contributed by atoms with Crippen LogP contribution in [0.15, 0.2) is 6.07 Å². The van der Waals surface area contributed by atoms with Gasteiger partial charge in [0.1, 0.15) is 4.83 Å². The number of rotatable bonds is 3. The van der Waals surface area contributed by atoms with E-state index in [9.17, 15) is 0 Å². The van der Waals surface area contributed by atoms with Crippen molar-refractivity contribution in [1.29, 1.82) is 0 Å². The molecule has 4 nitrogen and oxygen atoms in total. The van der Waals surface area contributed by atoms with Crippen molar-refractivity contribution in [2.45, 2.75) is 0 Å². The van der Waals surface area contributed by atoms with Gasteiger partial charge in [0.05, 0.1) is 16.3 Å². The number of thiophene rings is 1. The number of nitrogens with one attached hydrogen (secondary N) is 1. The molecule has 2 aromatic rings. The zero-order chi connectivity index (χ0) is 9.26. The highest BCUT2D eigenvalue weighted by molar-refractivity contribution is 7.30. The summed E-state index contributed by atoms with van der Waals surface area (Å²) in [5.74, 6) is 0. The Balaban J connectivity index is 2.24. The van der Waals surface area contributed by atoms with Crippen LogP contribution in [-0.4, -0.2) is 23.2 Å². The molecule has 0 saturated carbocycles. The van der Waals surface area contributed by atoms with E-state index in [-0.39, 0.29) is 6.61 Å². The first-order valence-electron chi connectivity index (χ1n) is 3.80. The molecule has 0 unspecified atom stereocenters. The summed E-state index contributed by atoms with van der Waals surface area (Å²) < 4.78 is 1.10. The maximum absolute atomic E-state index is 8.61. The lowest BCUT2D eigenvalue weighted by atomic mass is 10.6. The average molecular weight is 215 g/mol. The molecule has 0 atom stereocenters. The SMILES string of the molecule is Nc1nc2sc(NCCO)cc2s1. The molecule has 4 N–H and O–H groups in total. The number of thiazole rings is 1. The van der Waals surface area contributed by atoms with Crippen LogP contribution in [0.1, 0.15) is 0 Å². The number of hydrogen-bond donors (Lipinski definition) is 3. The molecular formula is C7H9N3OS2. The van der Waals surface area contributed by atoms with Gasteiger partial charge in [-0.15, -0.1) is 0 Å². The summed E-state index contributed by atoms with van der Waals surface area (Å²) in [7, 11) is 0. The number of nitrogen functional groups attached to an aromatic ring is 1.